The Morgan fingerprint density at radius 1 is 1.53 bits per heavy atom. The molecule has 0 saturated heterocycles. The summed E-state index contributed by atoms with van der Waals surface area (Å²) < 4.78 is 0. The number of hydrogen-bond acceptors (Lipinski definition) is 4. The van der Waals surface area contributed by atoms with Crippen LogP contribution in [-0.2, 0) is 4.79 Å². The van der Waals surface area contributed by atoms with E-state index in [1.54, 1.807) is 18.3 Å². The molecule has 4 nitrogen and oxygen atoms in total. The van der Waals surface area contributed by atoms with Crippen molar-refractivity contribution in [3.05, 3.63) is 11.1 Å². The van der Waals surface area contributed by atoms with E-state index in [-0.39, 0.29) is 5.92 Å². The number of anilines is 1. The quantitative estimate of drug-likeness (QED) is 0.786. The van der Waals surface area contributed by atoms with Crippen LogP contribution in [0.3, 0.4) is 0 Å². The van der Waals surface area contributed by atoms with Crippen LogP contribution in [0.15, 0.2) is 5.38 Å². The molecule has 1 heterocycles. The maximum atomic E-state index is 10.6. The molecule has 1 rings (SSSR count). The van der Waals surface area contributed by atoms with Crippen LogP contribution in [0.2, 0.25) is 0 Å². The highest BCUT2D eigenvalue weighted by Gasteiger charge is 2.11. The zero-order chi connectivity index (χ0) is 12.8. The summed E-state index contributed by atoms with van der Waals surface area (Å²) in [5, 5.41) is 15.0. The minimum Gasteiger partial charge on any atom is -0.481 e. The summed E-state index contributed by atoms with van der Waals surface area (Å²) in [5.74, 6) is -0.953. The first-order valence-electron chi connectivity index (χ1n) is 5.90. The number of aromatic nitrogens is 1. The molecule has 1 aromatic heterocycles. The lowest BCUT2D eigenvalue weighted by molar-refractivity contribution is -0.141. The average Bonchev–Trinajstić information content (AvgIpc) is 2.63. The van der Waals surface area contributed by atoms with Crippen LogP contribution in [0.25, 0.3) is 0 Å². The summed E-state index contributed by atoms with van der Waals surface area (Å²) in [7, 11) is 0. The summed E-state index contributed by atoms with van der Waals surface area (Å²) in [6.07, 6.45) is 2.63. The smallest absolute Gasteiger partial charge is 0.306 e. The number of carboxylic acid groups (broad SMARTS) is 1. The van der Waals surface area contributed by atoms with E-state index in [2.05, 4.69) is 17.2 Å². The van der Waals surface area contributed by atoms with E-state index in [9.17, 15) is 4.79 Å². The number of nitrogens with one attached hydrogen (secondary N) is 1. The SMILES string of the molecule is Cc1csc(NC(C)CCCC(C)C(=O)O)n1. The van der Waals surface area contributed by atoms with Crippen LogP contribution in [-0.4, -0.2) is 22.1 Å². The predicted molar refractivity (Wildman–Crippen MR) is 70.6 cm³/mol. The van der Waals surface area contributed by atoms with E-state index in [0.29, 0.717) is 6.04 Å². The first kappa shape index (κ1) is 14.0. The fraction of sp³-hybridized carbons (Fsp3) is 0.667. The number of aryl methyl sites for hydroxylation is 1. The topological polar surface area (TPSA) is 62.2 Å². The van der Waals surface area contributed by atoms with Crippen LogP contribution < -0.4 is 5.32 Å². The van der Waals surface area contributed by atoms with Gasteiger partial charge in [-0.2, -0.15) is 0 Å². The van der Waals surface area contributed by atoms with Crippen molar-refractivity contribution in [2.24, 2.45) is 5.92 Å². The monoisotopic (exact) mass is 256 g/mol. The largest absolute Gasteiger partial charge is 0.481 e. The van der Waals surface area contributed by atoms with Crippen LogP contribution in [0.4, 0.5) is 5.13 Å². The normalized spacial score (nSPS) is 14.3. The lowest BCUT2D eigenvalue weighted by atomic mass is 10.0. The van der Waals surface area contributed by atoms with E-state index in [1.165, 1.54) is 0 Å². The molecule has 0 fully saturated rings. The minimum atomic E-state index is -0.707. The third-order valence-corrected chi connectivity index (χ3v) is 3.58. The minimum absolute atomic E-state index is 0.246. The zero-order valence-corrected chi connectivity index (χ0v) is 11.4. The summed E-state index contributed by atoms with van der Waals surface area (Å²) in [4.78, 5) is 15.0. The number of nitrogens with zero attached hydrogens (tertiary/aromatic N) is 1. The number of thiazole rings is 1. The van der Waals surface area contributed by atoms with Gasteiger partial charge in [-0.1, -0.05) is 13.3 Å². The fourth-order valence-corrected chi connectivity index (χ4v) is 2.36. The Hall–Kier alpha value is -1.10. The first-order valence-corrected chi connectivity index (χ1v) is 6.78. The molecule has 96 valence electrons. The van der Waals surface area contributed by atoms with Crippen molar-refractivity contribution >= 4 is 22.4 Å². The van der Waals surface area contributed by atoms with Crippen LogP contribution in [0, 0.1) is 12.8 Å². The van der Waals surface area contributed by atoms with E-state index in [1.807, 2.05) is 12.3 Å². The predicted octanol–water partition coefficient (Wildman–Crippen LogP) is 3.14. The third kappa shape index (κ3) is 5.17. The molecule has 0 bridgehead atoms. The van der Waals surface area contributed by atoms with Crippen molar-refractivity contribution in [1.29, 1.82) is 0 Å². The highest BCUT2D eigenvalue weighted by atomic mass is 32.1. The molecule has 2 unspecified atom stereocenters. The molecule has 0 saturated carbocycles. The Balaban J connectivity index is 2.21. The average molecular weight is 256 g/mol. The van der Waals surface area contributed by atoms with Gasteiger partial charge in [-0.05, 0) is 26.7 Å². The summed E-state index contributed by atoms with van der Waals surface area (Å²) in [5.41, 5.74) is 1.03. The lowest BCUT2D eigenvalue weighted by Gasteiger charge is -2.13. The molecule has 0 spiro atoms. The second-order valence-electron chi connectivity index (χ2n) is 4.51. The molecule has 2 atom stereocenters. The summed E-state index contributed by atoms with van der Waals surface area (Å²) in [6.45, 7) is 5.83. The number of hydrogen-bond donors (Lipinski definition) is 2. The van der Waals surface area contributed by atoms with Gasteiger partial charge in [-0.25, -0.2) is 4.98 Å². The Labute approximate surface area is 106 Å². The van der Waals surface area contributed by atoms with Gasteiger partial charge in [0.25, 0.3) is 0 Å². The Kier molecular flexibility index (Phi) is 5.41. The van der Waals surface area contributed by atoms with Crippen molar-refractivity contribution in [2.45, 2.75) is 46.1 Å². The highest BCUT2D eigenvalue weighted by Crippen LogP contribution is 2.17. The van der Waals surface area contributed by atoms with E-state index >= 15 is 0 Å². The maximum Gasteiger partial charge on any atom is 0.306 e. The van der Waals surface area contributed by atoms with Gasteiger partial charge in [-0.15, -0.1) is 11.3 Å². The molecule has 0 aliphatic rings. The molecule has 5 heteroatoms. The molecular formula is C12H20N2O2S. The van der Waals surface area contributed by atoms with Gasteiger partial charge < -0.3 is 10.4 Å². The van der Waals surface area contributed by atoms with Gasteiger partial charge in [0.1, 0.15) is 0 Å². The van der Waals surface area contributed by atoms with Gasteiger partial charge in [0.15, 0.2) is 5.13 Å². The molecule has 1 aromatic rings. The number of carbonyl (C=O) groups is 1. The van der Waals surface area contributed by atoms with Crippen molar-refractivity contribution in [3.63, 3.8) is 0 Å². The molecule has 17 heavy (non-hydrogen) atoms. The van der Waals surface area contributed by atoms with Crippen molar-refractivity contribution in [3.8, 4) is 0 Å². The zero-order valence-electron chi connectivity index (χ0n) is 10.6. The summed E-state index contributed by atoms with van der Waals surface area (Å²) in [6, 6.07) is 0.335. The first-order chi connectivity index (χ1) is 7.99. The Morgan fingerprint density at radius 3 is 2.76 bits per heavy atom. The van der Waals surface area contributed by atoms with Gasteiger partial charge in [0.2, 0.25) is 0 Å². The second-order valence-corrected chi connectivity index (χ2v) is 5.37. The van der Waals surface area contributed by atoms with E-state index in [4.69, 9.17) is 5.11 Å². The fourth-order valence-electron chi connectivity index (χ4n) is 1.56. The van der Waals surface area contributed by atoms with Crippen LogP contribution in [0.1, 0.15) is 38.8 Å². The third-order valence-electron chi connectivity index (χ3n) is 2.68. The van der Waals surface area contributed by atoms with Crippen molar-refractivity contribution < 1.29 is 9.90 Å². The van der Waals surface area contributed by atoms with Crippen molar-refractivity contribution in [2.75, 3.05) is 5.32 Å². The maximum absolute atomic E-state index is 10.6. The van der Waals surface area contributed by atoms with Crippen LogP contribution >= 0.6 is 11.3 Å². The van der Waals surface area contributed by atoms with E-state index in [0.717, 1.165) is 30.1 Å². The highest BCUT2D eigenvalue weighted by molar-refractivity contribution is 7.13. The summed E-state index contributed by atoms with van der Waals surface area (Å²) >= 11 is 1.61. The molecule has 0 aromatic carbocycles. The second kappa shape index (κ2) is 6.59. The molecular weight excluding hydrogens is 236 g/mol. The van der Waals surface area contributed by atoms with Gasteiger partial charge >= 0.3 is 5.97 Å². The van der Waals surface area contributed by atoms with Crippen molar-refractivity contribution in [1.82, 2.24) is 4.98 Å². The molecule has 0 amide bonds. The number of carboxylic acids is 1. The van der Waals surface area contributed by atoms with Gasteiger partial charge in [0, 0.05) is 11.4 Å². The Morgan fingerprint density at radius 2 is 2.24 bits per heavy atom. The molecule has 0 radical (unpaired) electrons. The number of rotatable bonds is 7. The van der Waals surface area contributed by atoms with Gasteiger partial charge in [-0.3, -0.25) is 4.79 Å². The molecule has 0 aliphatic carbocycles. The van der Waals surface area contributed by atoms with E-state index < -0.39 is 5.97 Å². The number of aliphatic carboxylic acids is 1. The van der Waals surface area contributed by atoms with Crippen LogP contribution in [0.5, 0.6) is 0 Å². The van der Waals surface area contributed by atoms with Gasteiger partial charge in [0.05, 0.1) is 11.6 Å². The lowest BCUT2D eigenvalue weighted by Crippen LogP contribution is -2.16. The standard InChI is InChI=1S/C12H20N2O2S/c1-8(11(15)16)5-4-6-9(2)13-12-14-10(3)7-17-12/h7-9H,4-6H2,1-3H3,(H,13,14)(H,15,16). The molecule has 0 aliphatic heterocycles. The Bertz CT molecular complexity index is 365. The molecule has 2 N–H and O–H groups in total.